The first-order valence-corrected chi connectivity index (χ1v) is 7.43. The van der Waals surface area contributed by atoms with Gasteiger partial charge in [0.1, 0.15) is 5.58 Å². The quantitative estimate of drug-likeness (QED) is 0.749. The molecule has 2 aromatic carbocycles. The molecule has 4 heteroatoms. The number of nitrogens with one attached hydrogen (secondary N) is 1. The van der Waals surface area contributed by atoms with Gasteiger partial charge in [0, 0.05) is 21.1 Å². The summed E-state index contributed by atoms with van der Waals surface area (Å²) in [4.78, 5) is 12.2. The molecule has 21 heavy (non-hydrogen) atoms. The van der Waals surface area contributed by atoms with Gasteiger partial charge in [-0.3, -0.25) is 4.79 Å². The van der Waals surface area contributed by atoms with Crippen LogP contribution in [0, 0.1) is 6.92 Å². The van der Waals surface area contributed by atoms with Crippen LogP contribution in [0.4, 0.5) is 5.69 Å². The zero-order chi connectivity index (χ0) is 14.8. The fourth-order valence-electron chi connectivity index (χ4n) is 2.29. The van der Waals surface area contributed by atoms with Crippen molar-refractivity contribution in [2.24, 2.45) is 0 Å². The molecule has 1 heterocycles. The van der Waals surface area contributed by atoms with Gasteiger partial charge in [0.2, 0.25) is 5.91 Å². The Morgan fingerprint density at radius 1 is 1.24 bits per heavy atom. The Morgan fingerprint density at radius 3 is 2.90 bits per heavy atom. The molecule has 0 atom stereocenters. The van der Waals surface area contributed by atoms with Gasteiger partial charge in [-0.2, -0.15) is 0 Å². The minimum atomic E-state index is -0.0525. The molecule has 1 amide bonds. The third-order valence-electron chi connectivity index (χ3n) is 3.27. The van der Waals surface area contributed by atoms with Gasteiger partial charge in [-0.1, -0.05) is 28.1 Å². The highest BCUT2D eigenvalue weighted by Gasteiger charge is 2.11. The molecule has 0 aliphatic rings. The molecule has 3 nitrogen and oxygen atoms in total. The van der Waals surface area contributed by atoms with E-state index in [4.69, 9.17) is 4.42 Å². The number of rotatable bonds is 3. The molecule has 0 aliphatic carbocycles. The van der Waals surface area contributed by atoms with Crippen molar-refractivity contribution in [3.63, 3.8) is 0 Å². The molecule has 1 aromatic heterocycles. The summed E-state index contributed by atoms with van der Waals surface area (Å²) < 4.78 is 6.44. The summed E-state index contributed by atoms with van der Waals surface area (Å²) in [6, 6.07) is 13.5. The molecule has 0 spiro atoms. The van der Waals surface area contributed by atoms with E-state index in [1.165, 1.54) is 0 Å². The zero-order valence-electron chi connectivity index (χ0n) is 11.5. The largest absolute Gasteiger partial charge is 0.464 e. The first kappa shape index (κ1) is 13.9. The van der Waals surface area contributed by atoms with Crippen molar-refractivity contribution in [1.29, 1.82) is 0 Å². The fraction of sp³-hybridized carbons (Fsp3) is 0.118. The van der Waals surface area contributed by atoms with Crippen molar-refractivity contribution in [3.05, 3.63) is 64.3 Å². The van der Waals surface area contributed by atoms with Gasteiger partial charge < -0.3 is 9.73 Å². The molecule has 0 radical (unpaired) electrons. The first-order chi connectivity index (χ1) is 10.1. The number of hydrogen-bond donors (Lipinski definition) is 1. The molecule has 3 aromatic rings. The minimum Gasteiger partial charge on any atom is -0.464 e. The van der Waals surface area contributed by atoms with E-state index in [1.807, 2.05) is 49.4 Å². The number of carbonyl (C=O) groups excluding carboxylic acids is 1. The minimum absolute atomic E-state index is 0.0525. The van der Waals surface area contributed by atoms with Crippen LogP contribution < -0.4 is 5.32 Å². The third-order valence-corrected chi connectivity index (χ3v) is 3.76. The highest BCUT2D eigenvalue weighted by Crippen LogP contribution is 2.25. The van der Waals surface area contributed by atoms with Crippen molar-refractivity contribution < 1.29 is 9.21 Å². The van der Waals surface area contributed by atoms with E-state index in [0.717, 1.165) is 32.3 Å². The van der Waals surface area contributed by atoms with E-state index in [9.17, 15) is 4.79 Å². The second-order valence-corrected chi connectivity index (χ2v) is 5.91. The number of carbonyl (C=O) groups is 1. The lowest BCUT2D eigenvalue weighted by atomic mass is 10.1. The van der Waals surface area contributed by atoms with Crippen LogP contribution in [0.5, 0.6) is 0 Å². The second-order valence-electron chi connectivity index (χ2n) is 5.00. The number of amides is 1. The Balaban J connectivity index is 1.79. The normalized spacial score (nSPS) is 10.8. The van der Waals surface area contributed by atoms with Crippen molar-refractivity contribution in [2.45, 2.75) is 13.3 Å². The van der Waals surface area contributed by atoms with Crippen LogP contribution in [0.15, 0.2) is 57.6 Å². The Morgan fingerprint density at radius 2 is 2.10 bits per heavy atom. The number of hydrogen-bond acceptors (Lipinski definition) is 2. The van der Waals surface area contributed by atoms with Gasteiger partial charge in [-0.15, -0.1) is 0 Å². The summed E-state index contributed by atoms with van der Waals surface area (Å²) >= 11 is 3.44. The van der Waals surface area contributed by atoms with Crippen molar-refractivity contribution in [1.82, 2.24) is 0 Å². The van der Waals surface area contributed by atoms with Crippen molar-refractivity contribution >= 4 is 38.5 Å². The average molecular weight is 344 g/mol. The molecule has 106 valence electrons. The lowest BCUT2D eigenvalue weighted by Crippen LogP contribution is -2.14. The van der Waals surface area contributed by atoms with Crippen LogP contribution in [0.25, 0.3) is 11.0 Å². The summed E-state index contributed by atoms with van der Waals surface area (Å²) in [5.74, 6) is -0.0525. The summed E-state index contributed by atoms with van der Waals surface area (Å²) in [7, 11) is 0. The molecular formula is C17H14BrNO2. The van der Waals surface area contributed by atoms with E-state index in [1.54, 1.807) is 6.26 Å². The summed E-state index contributed by atoms with van der Waals surface area (Å²) in [5.41, 5.74) is 3.60. The summed E-state index contributed by atoms with van der Waals surface area (Å²) in [6.45, 7) is 2.00. The van der Waals surface area contributed by atoms with Crippen LogP contribution in [0.3, 0.4) is 0 Å². The van der Waals surface area contributed by atoms with E-state index in [2.05, 4.69) is 21.2 Å². The number of halogens is 1. The maximum absolute atomic E-state index is 12.2. The van der Waals surface area contributed by atoms with Gasteiger partial charge in [-0.25, -0.2) is 0 Å². The predicted octanol–water partition coefficient (Wildman–Crippen LogP) is 4.68. The van der Waals surface area contributed by atoms with Crippen molar-refractivity contribution in [2.75, 3.05) is 5.32 Å². The van der Waals surface area contributed by atoms with Crippen LogP contribution in [-0.2, 0) is 11.2 Å². The van der Waals surface area contributed by atoms with Crippen LogP contribution >= 0.6 is 15.9 Å². The smallest absolute Gasteiger partial charge is 0.228 e. The van der Waals surface area contributed by atoms with Crippen LogP contribution in [-0.4, -0.2) is 5.91 Å². The monoisotopic (exact) mass is 343 g/mol. The number of anilines is 1. The molecular weight excluding hydrogens is 330 g/mol. The van der Waals surface area contributed by atoms with Crippen LogP contribution in [0.1, 0.15) is 11.1 Å². The number of furan rings is 1. The number of aryl methyl sites for hydroxylation is 1. The second kappa shape index (κ2) is 5.74. The highest BCUT2D eigenvalue weighted by atomic mass is 79.9. The zero-order valence-corrected chi connectivity index (χ0v) is 13.1. The van der Waals surface area contributed by atoms with E-state index in [-0.39, 0.29) is 12.3 Å². The highest BCUT2D eigenvalue weighted by molar-refractivity contribution is 9.10. The average Bonchev–Trinajstić information content (AvgIpc) is 2.81. The number of fused-ring (bicyclic) bond motifs is 1. The van der Waals surface area contributed by atoms with E-state index < -0.39 is 0 Å². The van der Waals surface area contributed by atoms with Gasteiger partial charge in [-0.05, 0) is 42.8 Å². The fourth-order valence-corrected chi connectivity index (χ4v) is 2.65. The van der Waals surface area contributed by atoms with Crippen LogP contribution in [0.2, 0.25) is 0 Å². The van der Waals surface area contributed by atoms with Gasteiger partial charge in [0.25, 0.3) is 0 Å². The molecule has 0 saturated heterocycles. The van der Waals surface area contributed by atoms with E-state index >= 15 is 0 Å². The van der Waals surface area contributed by atoms with Gasteiger partial charge in [0.15, 0.2) is 0 Å². The summed E-state index contributed by atoms with van der Waals surface area (Å²) in [5, 5.41) is 3.87. The Hall–Kier alpha value is -2.07. The SMILES string of the molecule is Cc1cccc(NC(=O)Cc2coc3ccc(Br)cc23)c1. The van der Waals surface area contributed by atoms with Gasteiger partial charge in [0.05, 0.1) is 12.7 Å². The molecule has 0 bridgehead atoms. The lowest BCUT2D eigenvalue weighted by molar-refractivity contribution is -0.115. The lowest BCUT2D eigenvalue weighted by Gasteiger charge is -2.05. The molecule has 0 unspecified atom stereocenters. The number of benzene rings is 2. The molecule has 0 fully saturated rings. The molecule has 0 aliphatic heterocycles. The predicted molar refractivity (Wildman–Crippen MR) is 87.4 cm³/mol. The first-order valence-electron chi connectivity index (χ1n) is 6.64. The van der Waals surface area contributed by atoms with Gasteiger partial charge >= 0.3 is 0 Å². The molecule has 0 saturated carbocycles. The Labute approximate surface area is 131 Å². The van der Waals surface area contributed by atoms with E-state index in [0.29, 0.717) is 0 Å². The summed E-state index contributed by atoms with van der Waals surface area (Å²) in [6.07, 6.45) is 1.93. The Bertz CT molecular complexity index is 807. The molecule has 3 rings (SSSR count). The third kappa shape index (κ3) is 3.16. The molecule has 1 N–H and O–H groups in total. The Kier molecular flexibility index (Phi) is 3.80. The standard InChI is InChI=1S/C17H14BrNO2/c1-11-3-2-4-14(7-11)19-17(20)8-12-10-21-16-6-5-13(18)9-15(12)16/h2-7,9-10H,8H2,1H3,(H,19,20). The van der Waals surface area contributed by atoms with Crippen molar-refractivity contribution in [3.8, 4) is 0 Å². The topological polar surface area (TPSA) is 42.2 Å². The maximum Gasteiger partial charge on any atom is 0.228 e. The maximum atomic E-state index is 12.2.